The van der Waals surface area contributed by atoms with Crippen LogP contribution in [-0.2, 0) is 9.47 Å². The van der Waals surface area contributed by atoms with E-state index in [1.54, 1.807) is 0 Å². The number of unbranched alkanes of at least 4 members (excludes halogenated alkanes) is 16. The molecule has 0 radical (unpaired) electrons. The lowest BCUT2D eigenvalue weighted by Gasteiger charge is -2.04. The van der Waals surface area contributed by atoms with Gasteiger partial charge < -0.3 is 9.47 Å². The molecular formula is C24H48O2. The van der Waals surface area contributed by atoms with Crippen molar-refractivity contribution in [1.29, 1.82) is 0 Å². The molecule has 0 aromatic rings. The molecule has 0 rings (SSSR count). The fraction of sp³-hybridized carbons (Fsp3) is 0.917. The molecule has 2 heteroatoms. The van der Waals surface area contributed by atoms with Crippen molar-refractivity contribution in [2.75, 3.05) is 13.4 Å². The average Bonchev–Trinajstić information content (AvgIpc) is 2.66. The van der Waals surface area contributed by atoms with E-state index >= 15 is 0 Å². The smallest absolute Gasteiger partial charge is 0.188 e. The Morgan fingerprint density at radius 2 is 1.00 bits per heavy atom. The van der Waals surface area contributed by atoms with E-state index in [9.17, 15) is 0 Å². The van der Waals surface area contributed by atoms with Gasteiger partial charge in [-0.1, -0.05) is 110 Å². The topological polar surface area (TPSA) is 18.5 Å². The van der Waals surface area contributed by atoms with Crippen molar-refractivity contribution < 1.29 is 9.47 Å². The Balaban J connectivity index is 3.04. The maximum atomic E-state index is 5.49. The summed E-state index contributed by atoms with van der Waals surface area (Å²) >= 11 is 0. The van der Waals surface area contributed by atoms with Crippen molar-refractivity contribution in [3.63, 3.8) is 0 Å². The van der Waals surface area contributed by atoms with E-state index in [0.717, 1.165) is 19.4 Å². The minimum atomic E-state index is 0.407. The van der Waals surface area contributed by atoms with Gasteiger partial charge in [0, 0.05) is 0 Å². The molecule has 0 amide bonds. The molecule has 0 aromatic heterocycles. The highest BCUT2D eigenvalue weighted by Crippen LogP contribution is 2.11. The van der Waals surface area contributed by atoms with Gasteiger partial charge in [-0.25, -0.2) is 0 Å². The molecule has 0 atom stereocenters. The maximum Gasteiger partial charge on any atom is 0.188 e. The number of hydrogen-bond donors (Lipinski definition) is 0. The number of ether oxygens (including phenoxy) is 2. The average molecular weight is 369 g/mol. The SMILES string of the molecule is CCCCCCCCCCCCC=COCOCCCCCCCCC. The fourth-order valence-corrected chi connectivity index (χ4v) is 3.19. The van der Waals surface area contributed by atoms with Crippen LogP contribution >= 0.6 is 0 Å². The summed E-state index contributed by atoms with van der Waals surface area (Å²) in [6.07, 6.45) is 28.3. The van der Waals surface area contributed by atoms with Gasteiger partial charge in [0.05, 0.1) is 12.9 Å². The van der Waals surface area contributed by atoms with Crippen LogP contribution in [0.3, 0.4) is 0 Å². The van der Waals surface area contributed by atoms with Gasteiger partial charge in [-0.2, -0.15) is 0 Å². The van der Waals surface area contributed by atoms with Crippen LogP contribution in [0, 0.1) is 0 Å². The second-order valence-electron chi connectivity index (χ2n) is 7.66. The van der Waals surface area contributed by atoms with Crippen LogP contribution in [0.5, 0.6) is 0 Å². The zero-order valence-corrected chi connectivity index (χ0v) is 18.1. The quantitative estimate of drug-likeness (QED) is 0.108. The van der Waals surface area contributed by atoms with Gasteiger partial charge in [-0.15, -0.1) is 0 Å². The summed E-state index contributed by atoms with van der Waals surface area (Å²) in [5, 5.41) is 0. The van der Waals surface area contributed by atoms with Gasteiger partial charge >= 0.3 is 0 Å². The molecule has 0 aromatic carbocycles. The van der Waals surface area contributed by atoms with Gasteiger partial charge in [-0.3, -0.25) is 0 Å². The second kappa shape index (κ2) is 24.5. The zero-order chi connectivity index (χ0) is 19.0. The first-order valence-corrected chi connectivity index (χ1v) is 11.8. The summed E-state index contributed by atoms with van der Waals surface area (Å²) in [4.78, 5) is 0. The molecule has 0 bridgehead atoms. The predicted molar refractivity (Wildman–Crippen MR) is 115 cm³/mol. The van der Waals surface area contributed by atoms with Crippen molar-refractivity contribution in [2.45, 2.75) is 129 Å². The van der Waals surface area contributed by atoms with E-state index in [1.807, 2.05) is 6.26 Å². The van der Waals surface area contributed by atoms with E-state index < -0.39 is 0 Å². The Morgan fingerprint density at radius 1 is 0.538 bits per heavy atom. The molecule has 0 heterocycles. The molecule has 0 unspecified atom stereocenters. The molecule has 26 heavy (non-hydrogen) atoms. The Labute approximate surface area is 165 Å². The third-order valence-corrected chi connectivity index (χ3v) is 4.96. The Bertz CT molecular complexity index is 237. The first kappa shape index (κ1) is 25.5. The summed E-state index contributed by atoms with van der Waals surface area (Å²) in [7, 11) is 0. The standard InChI is InChI=1S/C24H48O2/c1-3-5-7-9-11-12-13-14-15-17-19-21-23-26-24-25-22-20-18-16-10-8-6-4-2/h21,23H,3-20,22,24H2,1-2H3. The second-order valence-corrected chi connectivity index (χ2v) is 7.66. The highest BCUT2D eigenvalue weighted by Gasteiger charge is 1.93. The van der Waals surface area contributed by atoms with E-state index in [1.165, 1.54) is 103 Å². The van der Waals surface area contributed by atoms with Crippen molar-refractivity contribution >= 4 is 0 Å². The molecule has 0 saturated heterocycles. The summed E-state index contributed by atoms with van der Waals surface area (Å²) in [6.45, 7) is 5.79. The highest BCUT2D eigenvalue weighted by atomic mass is 16.7. The molecule has 0 saturated carbocycles. The summed E-state index contributed by atoms with van der Waals surface area (Å²) in [6, 6.07) is 0. The van der Waals surface area contributed by atoms with Crippen LogP contribution in [0.4, 0.5) is 0 Å². The molecule has 0 fully saturated rings. The van der Waals surface area contributed by atoms with Gasteiger partial charge in [0.15, 0.2) is 6.79 Å². The van der Waals surface area contributed by atoms with Crippen LogP contribution in [0.2, 0.25) is 0 Å². The number of hydrogen-bond acceptors (Lipinski definition) is 2. The molecule has 0 spiro atoms. The minimum Gasteiger partial charge on any atom is -0.475 e. The third kappa shape index (κ3) is 23.5. The molecule has 2 nitrogen and oxygen atoms in total. The van der Waals surface area contributed by atoms with E-state index in [4.69, 9.17) is 9.47 Å². The van der Waals surface area contributed by atoms with Crippen molar-refractivity contribution in [3.8, 4) is 0 Å². The lowest BCUT2D eigenvalue weighted by molar-refractivity contribution is -0.0128. The van der Waals surface area contributed by atoms with Crippen LogP contribution in [0.1, 0.15) is 129 Å². The van der Waals surface area contributed by atoms with Crippen molar-refractivity contribution in [2.24, 2.45) is 0 Å². The van der Waals surface area contributed by atoms with Crippen LogP contribution in [-0.4, -0.2) is 13.4 Å². The Kier molecular flexibility index (Phi) is 24.0. The summed E-state index contributed by atoms with van der Waals surface area (Å²) in [5.41, 5.74) is 0. The van der Waals surface area contributed by atoms with Gasteiger partial charge in [-0.05, 0) is 25.3 Å². The van der Waals surface area contributed by atoms with E-state index in [2.05, 4.69) is 19.9 Å². The molecule has 0 aliphatic carbocycles. The summed E-state index contributed by atoms with van der Waals surface area (Å²) in [5.74, 6) is 0. The van der Waals surface area contributed by atoms with Crippen LogP contribution in [0.25, 0.3) is 0 Å². The first-order valence-electron chi connectivity index (χ1n) is 11.8. The first-order chi connectivity index (χ1) is 12.9. The maximum absolute atomic E-state index is 5.49. The predicted octanol–water partition coefficient (Wildman–Crippen LogP) is 8.55. The van der Waals surface area contributed by atoms with Gasteiger partial charge in [0.25, 0.3) is 0 Å². The Morgan fingerprint density at radius 3 is 1.54 bits per heavy atom. The molecule has 0 N–H and O–H groups in total. The largest absolute Gasteiger partial charge is 0.475 e. The minimum absolute atomic E-state index is 0.407. The highest BCUT2D eigenvalue weighted by molar-refractivity contribution is 4.72. The number of rotatable bonds is 22. The van der Waals surface area contributed by atoms with E-state index in [0.29, 0.717) is 6.79 Å². The van der Waals surface area contributed by atoms with Crippen molar-refractivity contribution in [1.82, 2.24) is 0 Å². The van der Waals surface area contributed by atoms with Gasteiger partial charge in [0.1, 0.15) is 0 Å². The molecule has 0 aliphatic rings. The lowest BCUT2D eigenvalue weighted by atomic mass is 10.1. The van der Waals surface area contributed by atoms with Gasteiger partial charge in [0.2, 0.25) is 0 Å². The Hall–Kier alpha value is -0.500. The van der Waals surface area contributed by atoms with Crippen LogP contribution in [0.15, 0.2) is 12.3 Å². The molecular weight excluding hydrogens is 320 g/mol. The molecule has 156 valence electrons. The van der Waals surface area contributed by atoms with E-state index in [-0.39, 0.29) is 0 Å². The lowest BCUT2D eigenvalue weighted by Crippen LogP contribution is -1.98. The number of allylic oxidation sites excluding steroid dienone is 1. The zero-order valence-electron chi connectivity index (χ0n) is 18.1. The summed E-state index contributed by atoms with van der Waals surface area (Å²) < 4.78 is 10.9. The monoisotopic (exact) mass is 368 g/mol. The van der Waals surface area contributed by atoms with Crippen LogP contribution < -0.4 is 0 Å². The van der Waals surface area contributed by atoms with Crippen molar-refractivity contribution in [3.05, 3.63) is 12.3 Å². The normalized spacial score (nSPS) is 11.5. The fourth-order valence-electron chi connectivity index (χ4n) is 3.19. The molecule has 0 aliphatic heterocycles. The third-order valence-electron chi connectivity index (χ3n) is 4.96.